The van der Waals surface area contributed by atoms with Gasteiger partial charge in [0.2, 0.25) is 0 Å². The number of quaternary nitrogens is 1. The van der Waals surface area contributed by atoms with E-state index in [-0.39, 0.29) is 0 Å². The van der Waals surface area contributed by atoms with Gasteiger partial charge in [0.25, 0.3) is 0 Å². The van der Waals surface area contributed by atoms with E-state index in [2.05, 4.69) is 54.7 Å². The van der Waals surface area contributed by atoms with Crippen molar-refractivity contribution in [3.05, 3.63) is 71.8 Å². The van der Waals surface area contributed by atoms with E-state index in [0.717, 1.165) is 0 Å². The largest absolute Gasteiger partial charge is 0.238 e. The Bertz CT molecular complexity index is 361. The van der Waals surface area contributed by atoms with E-state index in [1.165, 1.54) is 22.0 Å². The summed E-state index contributed by atoms with van der Waals surface area (Å²) in [7, 11) is 0. The molecule has 0 fully saturated rings. The Labute approximate surface area is 77.4 Å². The highest BCUT2D eigenvalue weighted by Crippen LogP contribution is 2.12. The predicted octanol–water partition coefficient (Wildman–Crippen LogP) is 1.23. The quantitative estimate of drug-likeness (QED) is 0.555. The first-order chi connectivity index (χ1) is 6.45. The lowest BCUT2D eigenvalue weighted by molar-refractivity contribution is -0.768. The fourth-order valence-corrected chi connectivity index (χ4v) is 1.93. The van der Waals surface area contributed by atoms with E-state index in [9.17, 15) is 0 Å². The molecule has 1 nitrogen and oxygen atoms in total. The lowest BCUT2D eigenvalue weighted by atomic mass is 10.1. The molecule has 0 aromatic carbocycles. The third kappa shape index (κ3) is 0.910. The molecular formula is C12H10N+. The standard InChI is InChI=1S/C12H9N/c1-4-10-6-2-8-12-9-3-7-11(5-1)13(10)12/h1-9H/p+1. The molecule has 0 radical (unpaired) electrons. The molecule has 3 aliphatic rings. The second-order valence-corrected chi connectivity index (χ2v) is 3.32. The van der Waals surface area contributed by atoms with Gasteiger partial charge in [-0.25, -0.2) is 4.90 Å². The van der Waals surface area contributed by atoms with E-state index in [4.69, 9.17) is 0 Å². The maximum Gasteiger partial charge on any atom is 0.141 e. The Morgan fingerprint density at radius 1 is 0.615 bits per heavy atom. The summed E-state index contributed by atoms with van der Waals surface area (Å²) in [4.78, 5) is 1.38. The molecule has 0 spiro atoms. The Morgan fingerprint density at radius 2 is 1.00 bits per heavy atom. The highest BCUT2D eigenvalue weighted by Gasteiger charge is 2.26. The van der Waals surface area contributed by atoms with Crippen LogP contribution in [0.1, 0.15) is 0 Å². The summed E-state index contributed by atoms with van der Waals surface area (Å²) in [6.45, 7) is 0. The average molecular weight is 168 g/mol. The minimum absolute atomic E-state index is 1.33. The van der Waals surface area contributed by atoms with Crippen molar-refractivity contribution in [2.75, 3.05) is 0 Å². The van der Waals surface area contributed by atoms with Crippen LogP contribution in [0.15, 0.2) is 71.8 Å². The van der Waals surface area contributed by atoms with Gasteiger partial charge in [-0.05, 0) is 0 Å². The molecular weight excluding hydrogens is 158 g/mol. The summed E-state index contributed by atoms with van der Waals surface area (Å²) in [6, 6.07) is 0. The molecule has 0 aliphatic carbocycles. The minimum Gasteiger partial charge on any atom is -0.238 e. The Morgan fingerprint density at radius 3 is 1.38 bits per heavy atom. The van der Waals surface area contributed by atoms with Crippen LogP contribution in [0.2, 0.25) is 0 Å². The highest BCUT2D eigenvalue weighted by molar-refractivity contribution is 5.40. The smallest absolute Gasteiger partial charge is 0.141 e. The maximum absolute atomic E-state index is 2.16. The van der Waals surface area contributed by atoms with Crippen LogP contribution in [0.4, 0.5) is 0 Å². The van der Waals surface area contributed by atoms with Gasteiger partial charge in [0.15, 0.2) is 0 Å². The Balaban J connectivity index is 2.23. The zero-order chi connectivity index (χ0) is 8.67. The molecule has 0 aromatic heterocycles. The third-order valence-electron chi connectivity index (χ3n) is 2.52. The third-order valence-corrected chi connectivity index (χ3v) is 2.52. The first-order valence-corrected chi connectivity index (χ1v) is 4.48. The first-order valence-electron chi connectivity index (χ1n) is 4.48. The molecule has 1 heteroatoms. The molecule has 0 saturated heterocycles. The van der Waals surface area contributed by atoms with Crippen molar-refractivity contribution >= 4 is 0 Å². The monoisotopic (exact) mass is 168 g/mol. The molecule has 13 heavy (non-hydrogen) atoms. The van der Waals surface area contributed by atoms with Crippen molar-refractivity contribution in [2.24, 2.45) is 0 Å². The second-order valence-electron chi connectivity index (χ2n) is 3.32. The molecule has 0 atom stereocenters. The molecule has 0 amide bonds. The van der Waals surface area contributed by atoms with Crippen molar-refractivity contribution in [1.82, 2.24) is 0 Å². The number of allylic oxidation sites excluding steroid dienone is 9. The topological polar surface area (TPSA) is 4.44 Å². The maximum atomic E-state index is 2.16. The van der Waals surface area contributed by atoms with Gasteiger partial charge in [-0.15, -0.1) is 0 Å². The van der Waals surface area contributed by atoms with Crippen molar-refractivity contribution in [3.8, 4) is 0 Å². The van der Waals surface area contributed by atoms with Crippen LogP contribution in [0.25, 0.3) is 0 Å². The predicted molar refractivity (Wildman–Crippen MR) is 52.6 cm³/mol. The molecule has 0 bridgehead atoms. The van der Waals surface area contributed by atoms with Crippen LogP contribution in [0, 0.1) is 0 Å². The number of nitrogens with one attached hydrogen (secondary N) is 1. The number of hydrogen-bond donors (Lipinski definition) is 1. The zero-order valence-corrected chi connectivity index (χ0v) is 7.20. The van der Waals surface area contributed by atoms with Crippen molar-refractivity contribution in [1.29, 1.82) is 0 Å². The lowest BCUT2D eigenvalue weighted by Gasteiger charge is -2.26. The van der Waals surface area contributed by atoms with Crippen LogP contribution < -0.4 is 4.90 Å². The summed E-state index contributed by atoms with van der Waals surface area (Å²) in [5, 5.41) is 0. The first kappa shape index (κ1) is 6.87. The molecule has 0 aromatic rings. The van der Waals surface area contributed by atoms with Crippen molar-refractivity contribution in [3.63, 3.8) is 0 Å². The molecule has 1 N–H and O–H groups in total. The van der Waals surface area contributed by atoms with Gasteiger partial charge in [-0.1, -0.05) is 18.2 Å². The summed E-state index contributed by atoms with van der Waals surface area (Å²) in [5.74, 6) is 0. The van der Waals surface area contributed by atoms with E-state index in [1.54, 1.807) is 0 Å². The van der Waals surface area contributed by atoms with Gasteiger partial charge in [0.05, 0.1) is 0 Å². The number of rotatable bonds is 0. The SMILES string of the molecule is C1=CC2=CC=CC3=CC=CC(=C1)[NH+]23. The second kappa shape index (κ2) is 2.44. The summed E-state index contributed by atoms with van der Waals surface area (Å²) in [5.41, 5.74) is 3.99. The van der Waals surface area contributed by atoms with Gasteiger partial charge < -0.3 is 0 Å². The van der Waals surface area contributed by atoms with Gasteiger partial charge in [0.1, 0.15) is 17.1 Å². The van der Waals surface area contributed by atoms with Gasteiger partial charge >= 0.3 is 0 Å². The minimum atomic E-state index is 1.33. The van der Waals surface area contributed by atoms with Crippen molar-refractivity contribution in [2.45, 2.75) is 0 Å². The van der Waals surface area contributed by atoms with Gasteiger partial charge in [-0.3, -0.25) is 0 Å². The average Bonchev–Trinajstić information content (AvgIpc) is 2.19. The Kier molecular flexibility index (Phi) is 1.29. The van der Waals surface area contributed by atoms with Crippen molar-refractivity contribution < 1.29 is 4.90 Å². The normalized spacial score (nSPS) is 23.5. The summed E-state index contributed by atoms with van der Waals surface area (Å²) in [6.07, 6.45) is 19.3. The molecule has 0 unspecified atom stereocenters. The van der Waals surface area contributed by atoms with Crippen LogP contribution in [-0.2, 0) is 0 Å². The highest BCUT2D eigenvalue weighted by atomic mass is 15.2. The summed E-state index contributed by atoms with van der Waals surface area (Å²) >= 11 is 0. The number of hydrogen-bond acceptors (Lipinski definition) is 0. The molecule has 62 valence electrons. The lowest BCUT2D eigenvalue weighted by Crippen LogP contribution is -3.07. The van der Waals surface area contributed by atoms with E-state index in [1.807, 2.05) is 0 Å². The van der Waals surface area contributed by atoms with E-state index < -0.39 is 0 Å². The molecule has 0 saturated carbocycles. The van der Waals surface area contributed by atoms with E-state index >= 15 is 0 Å². The van der Waals surface area contributed by atoms with Gasteiger partial charge in [0, 0.05) is 36.5 Å². The van der Waals surface area contributed by atoms with Crippen LogP contribution in [-0.4, -0.2) is 0 Å². The van der Waals surface area contributed by atoms with Crippen LogP contribution in [0.3, 0.4) is 0 Å². The van der Waals surface area contributed by atoms with Gasteiger partial charge in [-0.2, -0.15) is 0 Å². The van der Waals surface area contributed by atoms with E-state index in [0.29, 0.717) is 0 Å². The van der Waals surface area contributed by atoms with Crippen LogP contribution in [0.5, 0.6) is 0 Å². The Hall–Kier alpha value is -1.60. The fourth-order valence-electron chi connectivity index (χ4n) is 1.93. The molecule has 3 heterocycles. The molecule has 3 aliphatic heterocycles. The van der Waals surface area contributed by atoms with Crippen LogP contribution >= 0.6 is 0 Å². The molecule has 3 rings (SSSR count). The fraction of sp³-hybridized carbons (Fsp3) is 0. The summed E-state index contributed by atoms with van der Waals surface area (Å²) < 4.78 is 0. The zero-order valence-electron chi connectivity index (χ0n) is 7.20.